The Bertz CT molecular complexity index is 1880. The van der Waals surface area contributed by atoms with E-state index < -0.39 is 28.7 Å². The van der Waals surface area contributed by atoms with E-state index in [1.165, 1.54) is 59.3 Å². The zero-order valence-electron chi connectivity index (χ0n) is 23.7. The Kier molecular flexibility index (Phi) is 7.18. The second-order valence-electron chi connectivity index (χ2n) is 11.1. The quantitative estimate of drug-likeness (QED) is 0.252. The maximum absolute atomic E-state index is 15.4. The Morgan fingerprint density at radius 3 is 2.63 bits per heavy atom. The molecule has 5 aromatic rings. The van der Waals surface area contributed by atoms with Crippen LogP contribution >= 0.6 is 0 Å². The van der Waals surface area contributed by atoms with Crippen molar-refractivity contribution in [2.45, 2.75) is 32.5 Å². The zero-order chi connectivity index (χ0) is 30.3. The Labute approximate surface area is 245 Å². The van der Waals surface area contributed by atoms with Crippen molar-refractivity contribution in [3.63, 3.8) is 0 Å². The molecule has 1 amide bonds. The summed E-state index contributed by atoms with van der Waals surface area (Å²) >= 11 is 0. The van der Waals surface area contributed by atoms with Gasteiger partial charge in [0.1, 0.15) is 11.4 Å². The lowest BCUT2D eigenvalue weighted by Crippen LogP contribution is -2.52. The molecular weight excluding hydrogens is 556 g/mol. The maximum atomic E-state index is 15.4. The molecule has 1 aliphatic rings. The topological polar surface area (TPSA) is 101 Å². The number of carbonyl (C=O) groups excluding carboxylic acids is 1. The van der Waals surface area contributed by atoms with Crippen molar-refractivity contribution < 1.29 is 23.0 Å². The Balaban J connectivity index is 1.25. The Morgan fingerprint density at radius 1 is 1.09 bits per heavy atom. The normalized spacial score (nSPS) is 16.3. The van der Waals surface area contributed by atoms with Gasteiger partial charge in [0.2, 0.25) is 0 Å². The fourth-order valence-electron chi connectivity index (χ4n) is 5.38. The molecule has 11 heteroatoms. The summed E-state index contributed by atoms with van der Waals surface area (Å²) in [7, 11) is 0. The Hall–Kier alpha value is -5.03. The van der Waals surface area contributed by atoms with Crippen LogP contribution < -0.4 is 20.5 Å². The van der Waals surface area contributed by atoms with Crippen LogP contribution in [0.1, 0.15) is 31.1 Å². The number of amides is 1. The molecule has 6 rings (SSSR count). The van der Waals surface area contributed by atoms with Gasteiger partial charge in [0.15, 0.2) is 17.3 Å². The molecule has 1 aliphatic heterocycles. The van der Waals surface area contributed by atoms with Gasteiger partial charge in [-0.3, -0.25) is 19.3 Å². The van der Waals surface area contributed by atoms with E-state index in [9.17, 15) is 14.0 Å². The monoisotopic (exact) mass is 585 g/mol. The van der Waals surface area contributed by atoms with Gasteiger partial charge in [-0.15, -0.1) is 0 Å². The van der Waals surface area contributed by atoms with Crippen LogP contribution in [0.4, 0.5) is 20.2 Å². The predicted molar refractivity (Wildman–Crippen MR) is 159 cm³/mol. The first-order valence-electron chi connectivity index (χ1n) is 13.7. The van der Waals surface area contributed by atoms with Gasteiger partial charge in [-0.1, -0.05) is 0 Å². The molecule has 43 heavy (non-hydrogen) atoms. The van der Waals surface area contributed by atoms with Crippen molar-refractivity contribution in [3.05, 3.63) is 107 Å². The number of fused-ring (bicyclic) bond motifs is 1. The molecule has 0 unspecified atom stereocenters. The van der Waals surface area contributed by atoms with Gasteiger partial charge >= 0.3 is 0 Å². The lowest BCUT2D eigenvalue weighted by molar-refractivity contribution is -0.0750. The van der Waals surface area contributed by atoms with E-state index in [0.717, 1.165) is 22.7 Å². The van der Waals surface area contributed by atoms with Crippen LogP contribution in [0.5, 0.6) is 11.5 Å². The van der Waals surface area contributed by atoms with E-state index in [2.05, 4.69) is 20.4 Å². The number of aromatic nitrogens is 3. The molecule has 220 valence electrons. The number of carbonyl (C=O) groups is 1. The van der Waals surface area contributed by atoms with Crippen molar-refractivity contribution in [2.24, 2.45) is 0 Å². The van der Waals surface area contributed by atoms with Gasteiger partial charge in [0, 0.05) is 42.1 Å². The minimum absolute atomic E-state index is 0.0295. The number of morpholine rings is 1. The number of rotatable bonds is 6. The van der Waals surface area contributed by atoms with E-state index in [4.69, 9.17) is 9.47 Å². The lowest BCUT2D eigenvalue weighted by atomic mass is 10.0. The van der Waals surface area contributed by atoms with Gasteiger partial charge in [-0.25, -0.2) is 8.78 Å². The van der Waals surface area contributed by atoms with Crippen LogP contribution in [-0.2, 0) is 4.74 Å². The average molecular weight is 586 g/mol. The third kappa shape index (κ3) is 5.84. The molecule has 0 bridgehead atoms. The van der Waals surface area contributed by atoms with Crippen molar-refractivity contribution >= 4 is 28.2 Å². The molecule has 1 saturated heterocycles. The highest BCUT2D eigenvalue weighted by molar-refractivity contribution is 6.04. The second-order valence-corrected chi connectivity index (χ2v) is 11.1. The summed E-state index contributed by atoms with van der Waals surface area (Å²) < 4.78 is 42.1. The Morgan fingerprint density at radius 2 is 1.88 bits per heavy atom. The predicted octanol–water partition coefficient (Wildman–Crippen LogP) is 6.04. The first kappa shape index (κ1) is 28.1. The summed E-state index contributed by atoms with van der Waals surface area (Å²) in [5, 5.41) is 10.5. The fraction of sp³-hybridized carbons (Fsp3) is 0.219. The first-order chi connectivity index (χ1) is 20.6. The molecule has 0 aliphatic carbocycles. The summed E-state index contributed by atoms with van der Waals surface area (Å²) in [5.41, 5.74) is 0.959. The number of ether oxygens (including phenoxy) is 2. The van der Waals surface area contributed by atoms with Crippen molar-refractivity contribution in [1.29, 1.82) is 0 Å². The van der Waals surface area contributed by atoms with Gasteiger partial charge in [-0.05, 0) is 81.4 Å². The van der Waals surface area contributed by atoms with Crippen molar-refractivity contribution in [2.75, 3.05) is 23.3 Å². The van der Waals surface area contributed by atoms with Crippen LogP contribution in [0.3, 0.4) is 0 Å². The number of aromatic amines is 1. The molecule has 0 radical (unpaired) electrons. The molecule has 9 nitrogen and oxygen atoms in total. The molecule has 0 spiro atoms. The zero-order valence-corrected chi connectivity index (χ0v) is 23.7. The van der Waals surface area contributed by atoms with Crippen LogP contribution in [0.2, 0.25) is 0 Å². The molecule has 1 atom stereocenters. The highest BCUT2D eigenvalue weighted by Gasteiger charge is 2.33. The minimum atomic E-state index is -0.716. The van der Waals surface area contributed by atoms with Crippen LogP contribution in [0.25, 0.3) is 16.6 Å². The van der Waals surface area contributed by atoms with E-state index in [1.54, 1.807) is 12.3 Å². The van der Waals surface area contributed by atoms with Crippen molar-refractivity contribution in [3.8, 4) is 17.2 Å². The van der Waals surface area contributed by atoms with E-state index in [0.29, 0.717) is 24.5 Å². The van der Waals surface area contributed by atoms with Crippen LogP contribution in [0, 0.1) is 11.6 Å². The summed E-state index contributed by atoms with van der Waals surface area (Å²) in [5.74, 6) is -1.46. The minimum Gasteiger partial charge on any atom is -0.452 e. The number of pyridine rings is 1. The molecule has 2 N–H and O–H groups in total. The molecule has 3 heterocycles. The van der Waals surface area contributed by atoms with E-state index in [1.807, 2.05) is 26.8 Å². The number of halogens is 2. The van der Waals surface area contributed by atoms with Crippen molar-refractivity contribution in [1.82, 2.24) is 14.8 Å². The van der Waals surface area contributed by atoms with Crippen LogP contribution in [0.15, 0.2) is 83.9 Å². The molecule has 0 saturated carbocycles. The van der Waals surface area contributed by atoms with Gasteiger partial charge < -0.3 is 19.7 Å². The molecule has 2 aromatic heterocycles. The smallest absolute Gasteiger partial charge is 0.267 e. The average Bonchev–Trinajstić information content (AvgIpc) is 3.41. The summed E-state index contributed by atoms with van der Waals surface area (Å²) in [6.45, 7) is 7.26. The van der Waals surface area contributed by atoms with Gasteiger partial charge in [0.25, 0.3) is 11.5 Å². The largest absolute Gasteiger partial charge is 0.452 e. The maximum Gasteiger partial charge on any atom is 0.267 e. The molecule has 3 aromatic carbocycles. The summed E-state index contributed by atoms with van der Waals surface area (Å²) in [6.07, 6.45) is 3.12. The lowest BCUT2D eigenvalue weighted by Gasteiger charge is -2.43. The molecular formula is C32H29F2N5O4. The third-order valence-corrected chi connectivity index (χ3v) is 7.14. The highest BCUT2D eigenvalue weighted by Crippen LogP contribution is 2.39. The van der Waals surface area contributed by atoms with E-state index in [-0.39, 0.29) is 23.1 Å². The number of hydrogen-bond acceptors (Lipinski definition) is 6. The highest BCUT2D eigenvalue weighted by atomic mass is 19.1. The standard InChI is InChI=1S/C32H29F2N5O4/c1-19-17-38(18-32(2,3)43-19)27-15-26-20(16-35-37-26)13-29(27)42-28-11-8-22(14-25(28)34)36-30(40)24-5-4-12-39(31(24)41)23-9-6-21(33)7-10-23/h4-16,19H,17-18H2,1-3H3,(H,35,37)(H,36,40)/t19-/m1/s1. The van der Waals surface area contributed by atoms with Gasteiger partial charge in [-0.2, -0.15) is 5.10 Å². The van der Waals surface area contributed by atoms with E-state index >= 15 is 4.39 Å². The number of hydrogen-bond donors (Lipinski definition) is 2. The number of nitrogens with one attached hydrogen (secondary N) is 2. The van der Waals surface area contributed by atoms with Crippen LogP contribution in [-0.4, -0.2) is 45.5 Å². The summed E-state index contributed by atoms with van der Waals surface area (Å²) in [6, 6.07) is 16.0. The third-order valence-electron chi connectivity index (χ3n) is 7.14. The van der Waals surface area contributed by atoms with Gasteiger partial charge in [0.05, 0.1) is 29.1 Å². The number of nitrogens with zero attached hydrogens (tertiary/aromatic N) is 3. The fourth-order valence-corrected chi connectivity index (χ4v) is 5.38. The summed E-state index contributed by atoms with van der Waals surface area (Å²) in [4.78, 5) is 28.1. The number of benzene rings is 3. The first-order valence-corrected chi connectivity index (χ1v) is 13.7. The second kappa shape index (κ2) is 11.0. The number of anilines is 2. The number of H-pyrrole nitrogens is 1. The SMILES string of the molecule is C[C@@H]1CN(c2cc3[nH]ncc3cc2Oc2ccc(NC(=O)c3cccn(-c4ccc(F)cc4)c3=O)cc2F)CC(C)(C)O1. The molecule has 1 fully saturated rings.